The van der Waals surface area contributed by atoms with Crippen molar-refractivity contribution >= 4 is 11.6 Å². The minimum atomic E-state index is -0.927. The quantitative estimate of drug-likeness (QED) is 0.438. The van der Waals surface area contributed by atoms with Crippen molar-refractivity contribution in [2.45, 2.75) is 45.4 Å². The zero-order valence-electron chi connectivity index (χ0n) is 20.7. The number of β-amino-alcohol motifs (C(OH)–C–C–N with tert-alkyl or cyclic N) is 1. The van der Waals surface area contributed by atoms with Gasteiger partial charge in [0.1, 0.15) is 30.4 Å². The van der Waals surface area contributed by atoms with Crippen molar-refractivity contribution in [3.63, 3.8) is 0 Å². The van der Waals surface area contributed by atoms with Crippen LogP contribution >= 0.6 is 11.6 Å². The first kappa shape index (κ1) is 25.4. The van der Waals surface area contributed by atoms with Crippen LogP contribution in [0.1, 0.15) is 29.8 Å². The molecule has 2 heterocycles. The van der Waals surface area contributed by atoms with Crippen LogP contribution in [0.25, 0.3) is 0 Å². The fourth-order valence-corrected chi connectivity index (χ4v) is 4.65. The van der Waals surface area contributed by atoms with Gasteiger partial charge >= 0.3 is 0 Å². The Labute approximate surface area is 212 Å². The van der Waals surface area contributed by atoms with Crippen molar-refractivity contribution < 1.29 is 19.3 Å². The van der Waals surface area contributed by atoms with E-state index in [-0.39, 0.29) is 6.61 Å². The van der Waals surface area contributed by atoms with Crippen molar-refractivity contribution in [1.29, 1.82) is 0 Å². The van der Waals surface area contributed by atoms with Gasteiger partial charge in [0.2, 0.25) is 0 Å². The zero-order chi connectivity index (χ0) is 24.8. The Morgan fingerprint density at radius 2 is 1.94 bits per heavy atom. The van der Waals surface area contributed by atoms with Gasteiger partial charge in [-0.05, 0) is 68.6 Å². The molecule has 1 aromatic heterocycles. The van der Waals surface area contributed by atoms with Gasteiger partial charge in [0, 0.05) is 25.5 Å². The first-order valence-corrected chi connectivity index (χ1v) is 12.3. The van der Waals surface area contributed by atoms with Gasteiger partial charge in [-0.25, -0.2) is 4.98 Å². The third kappa shape index (κ3) is 6.69. The van der Waals surface area contributed by atoms with Crippen molar-refractivity contribution in [2.24, 2.45) is 0 Å². The summed E-state index contributed by atoms with van der Waals surface area (Å²) in [5.41, 5.74) is 1.25. The Hall–Kier alpha value is -2.74. The van der Waals surface area contributed by atoms with Crippen LogP contribution in [0.4, 0.5) is 0 Å². The van der Waals surface area contributed by atoms with Gasteiger partial charge in [-0.2, -0.15) is 0 Å². The Morgan fingerprint density at radius 1 is 1.09 bits per heavy atom. The second-order valence-corrected chi connectivity index (χ2v) is 9.67. The van der Waals surface area contributed by atoms with Gasteiger partial charge in [0.05, 0.1) is 18.7 Å². The van der Waals surface area contributed by atoms with Gasteiger partial charge in [0.25, 0.3) is 0 Å². The summed E-state index contributed by atoms with van der Waals surface area (Å²) < 4.78 is 19.5. The van der Waals surface area contributed by atoms with E-state index >= 15 is 0 Å². The summed E-state index contributed by atoms with van der Waals surface area (Å²) in [6, 6.07) is 11.7. The van der Waals surface area contributed by atoms with Crippen LogP contribution in [0.15, 0.2) is 48.8 Å². The second kappa shape index (κ2) is 11.3. The number of hydrogen-bond donors (Lipinski definition) is 1. The average molecular weight is 500 g/mol. The third-order valence-corrected chi connectivity index (χ3v) is 6.68. The van der Waals surface area contributed by atoms with E-state index in [9.17, 15) is 5.11 Å². The molecule has 1 fully saturated rings. The van der Waals surface area contributed by atoms with Crippen LogP contribution in [0, 0.1) is 13.8 Å². The monoisotopic (exact) mass is 499 g/mol. The maximum absolute atomic E-state index is 11.2. The van der Waals surface area contributed by atoms with Crippen LogP contribution < -0.4 is 14.2 Å². The normalized spacial score (nSPS) is 18.4. The summed E-state index contributed by atoms with van der Waals surface area (Å²) in [4.78, 5) is 6.49. The molecule has 188 valence electrons. The van der Waals surface area contributed by atoms with Gasteiger partial charge in [-0.3, -0.25) is 4.90 Å². The smallest absolute Gasteiger partial charge is 0.161 e. The molecule has 7 nitrogen and oxygen atoms in total. The topological polar surface area (TPSA) is 69.0 Å². The number of aromatic nitrogens is 2. The number of ether oxygens (including phenoxy) is 3. The summed E-state index contributed by atoms with van der Waals surface area (Å²) in [5.74, 6) is 2.99. The SMILES string of the molecule is COc1cc(CN2CCC[C@](O)(COc3cc(C)ccc3Cl)C2)ccc1OCCn1ccnc1C. The van der Waals surface area contributed by atoms with E-state index in [2.05, 4.69) is 20.5 Å². The molecule has 0 spiro atoms. The molecule has 0 bridgehead atoms. The highest BCUT2D eigenvalue weighted by atomic mass is 35.5. The zero-order valence-corrected chi connectivity index (χ0v) is 21.4. The molecular formula is C27H34ClN3O4. The molecule has 0 unspecified atom stereocenters. The number of rotatable bonds is 10. The molecule has 2 aromatic carbocycles. The first-order valence-electron chi connectivity index (χ1n) is 12.0. The molecule has 35 heavy (non-hydrogen) atoms. The Bertz CT molecular complexity index is 1140. The Balaban J connectivity index is 1.33. The number of methoxy groups -OCH3 is 1. The highest BCUT2D eigenvalue weighted by Gasteiger charge is 2.34. The summed E-state index contributed by atoms with van der Waals surface area (Å²) in [7, 11) is 1.65. The van der Waals surface area contributed by atoms with Gasteiger partial charge < -0.3 is 23.9 Å². The predicted molar refractivity (Wildman–Crippen MR) is 137 cm³/mol. The Kier molecular flexibility index (Phi) is 8.21. The molecular weight excluding hydrogens is 466 g/mol. The molecule has 1 atom stereocenters. The molecule has 4 rings (SSSR count). The highest BCUT2D eigenvalue weighted by Crippen LogP contribution is 2.31. The molecule has 8 heteroatoms. The summed E-state index contributed by atoms with van der Waals surface area (Å²) in [6.45, 7) is 7.57. The van der Waals surface area contributed by atoms with E-state index in [1.54, 1.807) is 13.3 Å². The fraction of sp³-hybridized carbons (Fsp3) is 0.444. The molecule has 0 aliphatic carbocycles. The van der Waals surface area contributed by atoms with E-state index in [0.717, 1.165) is 36.5 Å². The number of piperidine rings is 1. The van der Waals surface area contributed by atoms with Crippen LogP contribution in [-0.4, -0.2) is 58.6 Å². The summed E-state index contributed by atoms with van der Waals surface area (Å²) in [6.07, 6.45) is 5.32. The lowest BCUT2D eigenvalue weighted by Gasteiger charge is -2.39. The Morgan fingerprint density at radius 3 is 2.71 bits per heavy atom. The lowest BCUT2D eigenvalue weighted by atomic mass is 9.93. The molecule has 0 amide bonds. The van der Waals surface area contributed by atoms with Crippen molar-refractivity contribution in [1.82, 2.24) is 14.5 Å². The minimum absolute atomic E-state index is 0.208. The van der Waals surface area contributed by atoms with Gasteiger partial charge in [0.15, 0.2) is 11.5 Å². The number of aryl methyl sites for hydroxylation is 2. The predicted octanol–water partition coefficient (Wildman–Crippen LogP) is 4.65. The number of nitrogens with zero attached hydrogens (tertiary/aromatic N) is 3. The lowest BCUT2D eigenvalue weighted by molar-refractivity contribution is -0.0621. The van der Waals surface area contributed by atoms with Crippen LogP contribution in [0.5, 0.6) is 17.2 Å². The third-order valence-electron chi connectivity index (χ3n) is 6.37. The van der Waals surface area contributed by atoms with E-state index in [1.165, 1.54) is 0 Å². The van der Waals surface area contributed by atoms with E-state index in [0.29, 0.717) is 48.4 Å². The fourth-order valence-electron chi connectivity index (χ4n) is 4.47. The lowest BCUT2D eigenvalue weighted by Crippen LogP contribution is -2.51. The van der Waals surface area contributed by atoms with Crippen molar-refractivity contribution in [3.05, 3.63) is 70.8 Å². The van der Waals surface area contributed by atoms with E-state index < -0.39 is 5.60 Å². The van der Waals surface area contributed by atoms with Crippen LogP contribution in [0.2, 0.25) is 5.02 Å². The second-order valence-electron chi connectivity index (χ2n) is 9.26. The maximum atomic E-state index is 11.2. The standard InChI is InChI=1S/C27H34ClN3O4/c1-20-5-7-23(28)25(15-20)35-19-27(32)9-4-11-30(18-27)17-22-6-8-24(26(16-22)33-3)34-14-13-31-12-10-29-21(31)2/h5-8,10,12,15-16,32H,4,9,11,13-14,17-19H2,1-3H3/t27-/m1/s1. The summed E-state index contributed by atoms with van der Waals surface area (Å²) >= 11 is 6.26. The van der Waals surface area contributed by atoms with Crippen molar-refractivity contribution in [2.75, 3.05) is 33.4 Å². The van der Waals surface area contributed by atoms with E-state index in [4.69, 9.17) is 25.8 Å². The molecule has 1 N–H and O–H groups in total. The minimum Gasteiger partial charge on any atom is -0.493 e. The average Bonchev–Trinajstić information content (AvgIpc) is 3.25. The number of imidazole rings is 1. The number of likely N-dealkylation sites (tertiary alicyclic amines) is 1. The largest absolute Gasteiger partial charge is 0.493 e. The number of benzene rings is 2. The molecule has 3 aromatic rings. The maximum Gasteiger partial charge on any atom is 0.161 e. The van der Waals surface area contributed by atoms with Crippen molar-refractivity contribution in [3.8, 4) is 17.2 Å². The molecule has 0 radical (unpaired) electrons. The van der Waals surface area contributed by atoms with E-state index in [1.807, 2.05) is 50.4 Å². The summed E-state index contributed by atoms with van der Waals surface area (Å²) in [5, 5.41) is 11.8. The number of aliphatic hydroxyl groups is 1. The van der Waals surface area contributed by atoms with Gasteiger partial charge in [-0.1, -0.05) is 23.7 Å². The molecule has 1 saturated heterocycles. The van der Waals surface area contributed by atoms with Gasteiger partial charge in [-0.15, -0.1) is 0 Å². The van der Waals surface area contributed by atoms with Crippen LogP contribution in [-0.2, 0) is 13.1 Å². The first-order chi connectivity index (χ1) is 16.8. The molecule has 0 saturated carbocycles. The van der Waals surface area contributed by atoms with Crippen LogP contribution in [0.3, 0.4) is 0 Å². The number of hydrogen-bond acceptors (Lipinski definition) is 6. The molecule has 1 aliphatic heterocycles. The highest BCUT2D eigenvalue weighted by molar-refractivity contribution is 6.32. The number of halogens is 1. The molecule has 1 aliphatic rings.